The molecular formula is C8H6F3NO4S2. The number of nitrogens with zero attached hydrogens (tertiary/aromatic N) is 1. The summed E-state index contributed by atoms with van der Waals surface area (Å²) in [4.78, 5) is 9.93. The van der Waals surface area contributed by atoms with Gasteiger partial charge in [0.1, 0.15) is 10.8 Å². The maximum Gasteiger partial charge on any atom is 0.411 e. The molecule has 1 aromatic heterocycles. The highest BCUT2D eigenvalue weighted by molar-refractivity contribution is 7.92. The Kier molecular flexibility index (Phi) is 4.63. The summed E-state index contributed by atoms with van der Waals surface area (Å²) in [7, 11) is -4.20. The van der Waals surface area contributed by atoms with Crippen LogP contribution in [0.15, 0.2) is 20.1 Å². The van der Waals surface area contributed by atoms with Crippen LogP contribution < -0.4 is 0 Å². The number of thiophene rings is 1. The fourth-order valence-corrected chi connectivity index (χ4v) is 3.06. The predicted octanol–water partition coefficient (Wildman–Crippen LogP) is 1.85. The normalized spacial score (nSPS) is 12.2. The van der Waals surface area contributed by atoms with Crippen LogP contribution >= 0.6 is 11.3 Å². The number of ether oxygens (including phenoxy) is 1. The van der Waals surface area contributed by atoms with E-state index in [1.807, 2.05) is 0 Å². The van der Waals surface area contributed by atoms with Crippen molar-refractivity contribution >= 4 is 27.4 Å². The Hall–Kier alpha value is -1.22. The topological polar surface area (TPSA) is 72.8 Å². The third-order valence-electron chi connectivity index (χ3n) is 1.62. The molecule has 5 nitrogen and oxygen atoms in total. The first-order valence-electron chi connectivity index (χ1n) is 4.31. The van der Waals surface area contributed by atoms with Gasteiger partial charge in [0.25, 0.3) is 6.08 Å². The van der Waals surface area contributed by atoms with E-state index in [0.717, 1.165) is 17.4 Å². The Morgan fingerprint density at radius 2 is 2.11 bits per heavy atom. The van der Waals surface area contributed by atoms with Crippen molar-refractivity contribution in [3.63, 3.8) is 0 Å². The van der Waals surface area contributed by atoms with Gasteiger partial charge in [0.15, 0.2) is 0 Å². The molecule has 0 N–H and O–H groups in total. The van der Waals surface area contributed by atoms with Gasteiger partial charge in [0.05, 0.1) is 6.61 Å². The number of rotatable bonds is 5. The van der Waals surface area contributed by atoms with E-state index in [2.05, 4.69) is 9.13 Å². The predicted molar refractivity (Wildman–Crippen MR) is 55.3 cm³/mol. The Labute approximate surface area is 104 Å². The maximum absolute atomic E-state index is 11.8. The molecule has 0 saturated heterocycles. The van der Waals surface area contributed by atoms with Crippen molar-refractivity contribution < 1.29 is 31.1 Å². The van der Waals surface area contributed by atoms with Gasteiger partial charge >= 0.3 is 16.2 Å². The smallest absolute Gasteiger partial charge is 0.367 e. The fourth-order valence-electron chi connectivity index (χ4n) is 1.02. The molecule has 0 unspecified atom stereocenters. The van der Waals surface area contributed by atoms with Crippen LogP contribution in [0, 0.1) is 0 Å². The summed E-state index contributed by atoms with van der Waals surface area (Å²) in [5.74, 6) is 0. The van der Waals surface area contributed by atoms with Crippen LogP contribution in [0.1, 0.15) is 5.56 Å². The Bertz CT molecular complexity index is 557. The number of halogens is 3. The molecule has 0 spiro atoms. The van der Waals surface area contributed by atoms with E-state index in [9.17, 15) is 26.4 Å². The first kappa shape index (κ1) is 14.8. The molecule has 0 atom stereocenters. The van der Waals surface area contributed by atoms with E-state index in [4.69, 9.17) is 0 Å². The van der Waals surface area contributed by atoms with Gasteiger partial charge in [-0.05, 0) is 11.4 Å². The van der Waals surface area contributed by atoms with Crippen molar-refractivity contribution in [2.75, 3.05) is 6.61 Å². The number of alkyl halides is 3. The molecule has 0 saturated carbocycles. The van der Waals surface area contributed by atoms with Gasteiger partial charge in [-0.1, -0.05) is 4.40 Å². The van der Waals surface area contributed by atoms with Crippen molar-refractivity contribution in [3.8, 4) is 0 Å². The minimum absolute atomic E-state index is 0.0169. The molecule has 0 aliphatic rings. The third-order valence-corrected chi connectivity index (χ3v) is 4.34. The second-order valence-corrected chi connectivity index (χ2v) is 5.71. The second-order valence-electron chi connectivity index (χ2n) is 3.00. The Balaban J connectivity index is 2.82. The summed E-state index contributed by atoms with van der Waals surface area (Å²) in [6.07, 6.45) is -3.61. The lowest BCUT2D eigenvalue weighted by Crippen LogP contribution is -2.16. The summed E-state index contributed by atoms with van der Waals surface area (Å²) < 4.78 is 64.9. The molecule has 18 heavy (non-hydrogen) atoms. The van der Waals surface area contributed by atoms with Gasteiger partial charge in [-0.25, -0.2) is 4.79 Å². The molecule has 0 bridgehead atoms. The van der Waals surface area contributed by atoms with E-state index < -0.39 is 29.4 Å². The molecule has 100 valence electrons. The van der Waals surface area contributed by atoms with E-state index in [0.29, 0.717) is 0 Å². The zero-order valence-corrected chi connectivity index (χ0v) is 10.2. The van der Waals surface area contributed by atoms with E-state index in [1.54, 1.807) is 0 Å². The van der Waals surface area contributed by atoms with E-state index >= 15 is 0 Å². The molecule has 0 aliphatic carbocycles. The lowest BCUT2D eigenvalue weighted by atomic mass is 10.4. The lowest BCUT2D eigenvalue weighted by Gasteiger charge is -2.07. The summed E-state index contributed by atoms with van der Waals surface area (Å²) in [6, 6.07) is 1.29. The zero-order chi connectivity index (χ0) is 13.8. The number of carbonyl (C=O) groups excluding carboxylic acids is 1. The monoisotopic (exact) mass is 301 g/mol. The van der Waals surface area contributed by atoms with Crippen LogP contribution in [0.3, 0.4) is 0 Å². The first-order chi connectivity index (χ1) is 8.26. The molecule has 1 aromatic rings. The van der Waals surface area contributed by atoms with Gasteiger partial charge in [-0.15, -0.1) is 11.3 Å². The molecule has 0 amide bonds. The van der Waals surface area contributed by atoms with Crippen molar-refractivity contribution in [1.29, 1.82) is 0 Å². The highest BCUT2D eigenvalue weighted by atomic mass is 32.2. The Morgan fingerprint density at radius 1 is 1.44 bits per heavy atom. The molecule has 0 fully saturated rings. The minimum atomic E-state index is -4.49. The Morgan fingerprint density at radius 3 is 2.67 bits per heavy atom. The van der Waals surface area contributed by atoms with Gasteiger partial charge < -0.3 is 4.74 Å². The van der Waals surface area contributed by atoms with Crippen LogP contribution in [0.5, 0.6) is 0 Å². The van der Waals surface area contributed by atoms with Gasteiger partial charge in [0.2, 0.25) is 0 Å². The van der Waals surface area contributed by atoms with Gasteiger partial charge in [-0.3, -0.25) is 0 Å². The molecule has 1 heterocycles. The summed E-state index contributed by atoms with van der Waals surface area (Å²) >= 11 is 0.733. The highest BCUT2D eigenvalue weighted by Gasteiger charge is 2.28. The SMILES string of the molecule is O=C=NS(=O)(=O)c1sccc1COCC(F)(F)F. The van der Waals surface area contributed by atoms with Crippen molar-refractivity contribution in [3.05, 3.63) is 17.0 Å². The minimum Gasteiger partial charge on any atom is -0.367 e. The average Bonchev–Trinajstić information content (AvgIpc) is 2.64. The number of sulfonamides is 1. The van der Waals surface area contributed by atoms with Crippen LogP contribution in [-0.4, -0.2) is 27.3 Å². The first-order valence-corrected chi connectivity index (χ1v) is 6.63. The van der Waals surface area contributed by atoms with Crippen LogP contribution in [-0.2, 0) is 26.2 Å². The maximum atomic E-state index is 11.8. The zero-order valence-electron chi connectivity index (χ0n) is 8.60. The second kappa shape index (κ2) is 5.61. The van der Waals surface area contributed by atoms with Gasteiger partial charge in [0, 0.05) is 5.56 Å². The highest BCUT2D eigenvalue weighted by Crippen LogP contribution is 2.25. The molecular weight excluding hydrogens is 295 g/mol. The van der Waals surface area contributed by atoms with Crippen LogP contribution in [0.4, 0.5) is 13.2 Å². The number of isocyanates is 1. The molecule has 0 aromatic carbocycles. The summed E-state index contributed by atoms with van der Waals surface area (Å²) in [5.41, 5.74) is 0.0169. The molecule has 10 heteroatoms. The van der Waals surface area contributed by atoms with Crippen LogP contribution in [0.25, 0.3) is 0 Å². The lowest BCUT2D eigenvalue weighted by molar-refractivity contribution is -0.176. The average molecular weight is 301 g/mol. The number of hydrogen-bond donors (Lipinski definition) is 0. The molecule has 0 aliphatic heterocycles. The molecule has 1 rings (SSSR count). The standard InChI is InChI=1S/C8H6F3NO4S2/c9-8(10,11)4-16-3-6-1-2-17-7(6)18(14,15)12-5-13/h1-2H,3-4H2. The third kappa shape index (κ3) is 4.22. The summed E-state index contributed by atoms with van der Waals surface area (Å²) in [5, 5.41) is 1.35. The van der Waals surface area contributed by atoms with Crippen molar-refractivity contribution in [2.24, 2.45) is 4.40 Å². The van der Waals surface area contributed by atoms with Crippen molar-refractivity contribution in [2.45, 2.75) is 17.0 Å². The van der Waals surface area contributed by atoms with Crippen LogP contribution in [0.2, 0.25) is 0 Å². The fraction of sp³-hybridized carbons (Fsp3) is 0.375. The summed E-state index contributed by atoms with van der Waals surface area (Å²) in [6.45, 7) is -2.02. The van der Waals surface area contributed by atoms with E-state index in [1.165, 1.54) is 11.4 Å². The largest absolute Gasteiger partial charge is 0.411 e. The van der Waals surface area contributed by atoms with E-state index in [-0.39, 0.29) is 9.77 Å². The van der Waals surface area contributed by atoms with Crippen molar-refractivity contribution in [1.82, 2.24) is 0 Å². The van der Waals surface area contributed by atoms with Gasteiger partial charge in [-0.2, -0.15) is 21.6 Å². The number of hydrogen-bond acceptors (Lipinski definition) is 5. The quantitative estimate of drug-likeness (QED) is 0.614. The molecule has 0 radical (unpaired) electrons.